The molecule has 0 aliphatic heterocycles. The molecule has 0 unspecified atom stereocenters. The molecule has 0 spiro atoms. The third-order valence-electron chi connectivity index (χ3n) is 1.93. The van der Waals surface area contributed by atoms with Gasteiger partial charge in [0.15, 0.2) is 0 Å². The third kappa shape index (κ3) is 1.50. The Bertz CT molecular complexity index is 473. The molecule has 0 N–H and O–H groups in total. The molecule has 2 aromatic rings. The van der Waals surface area contributed by atoms with E-state index in [0.29, 0.717) is 12.2 Å². The van der Waals surface area contributed by atoms with Crippen LogP contribution in [-0.2, 0) is 13.6 Å². The quantitative estimate of drug-likeness (QED) is 0.689. The van der Waals surface area contributed by atoms with Crippen molar-refractivity contribution in [3.8, 4) is 6.07 Å². The van der Waals surface area contributed by atoms with Crippen molar-refractivity contribution in [2.24, 2.45) is 7.05 Å². The van der Waals surface area contributed by atoms with Crippen molar-refractivity contribution in [3.63, 3.8) is 0 Å². The molecule has 0 aromatic carbocycles. The van der Waals surface area contributed by atoms with Crippen LogP contribution in [0.1, 0.15) is 11.4 Å². The van der Waals surface area contributed by atoms with Gasteiger partial charge in [-0.15, -0.1) is 5.10 Å². The van der Waals surface area contributed by atoms with Crippen molar-refractivity contribution in [1.82, 2.24) is 19.6 Å². The highest BCUT2D eigenvalue weighted by Gasteiger charge is 2.02. The number of aromatic nitrogens is 4. The molecule has 0 fully saturated rings. The summed E-state index contributed by atoms with van der Waals surface area (Å²) < 4.78 is 3.48. The lowest BCUT2D eigenvalue weighted by molar-refractivity contribution is 0.709. The predicted octanol–water partition coefficient (Wildman–Crippen LogP) is 0.537. The van der Waals surface area contributed by atoms with E-state index in [2.05, 4.69) is 16.4 Å². The molecular formula is C9H9N5. The molecule has 2 heterocycles. The summed E-state index contributed by atoms with van der Waals surface area (Å²) in [6.45, 7) is 0.587. The first-order chi connectivity index (χ1) is 6.79. The van der Waals surface area contributed by atoms with Gasteiger partial charge >= 0.3 is 0 Å². The van der Waals surface area contributed by atoms with Crippen LogP contribution in [-0.4, -0.2) is 19.6 Å². The molecule has 0 amide bonds. The van der Waals surface area contributed by atoms with Crippen molar-refractivity contribution >= 4 is 0 Å². The van der Waals surface area contributed by atoms with Crippen LogP contribution in [0.2, 0.25) is 0 Å². The average molecular weight is 187 g/mol. The van der Waals surface area contributed by atoms with Gasteiger partial charge in [-0.3, -0.25) is 4.68 Å². The summed E-state index contributed by atoms with van der Waals surface area (Å²) in [5.41, 5.74) is 1.48. The maximum Gasteiger partial charge on any atom is 0.120 e. The van der Waals surface area contributed by atoms with Gasteiger partial charge in [-0.25, -0.2) is 0 Å². The second-order valence-electron chi connectivity index (χ2n) is 3.02. The minimum Gasteiger partial charge on any atom is -0.333 e. The van der Waals surface area contributed by atoms with Crippen molar-refractivity contribution in [2.45, 2.75) is 6.54 Å². The van der Waals surface area contributed by atoms with Crippen molar-refractivity contribution in [2.75, 3.05) is 0 Å². The van der Waals surface area contributed by atoms with E-state index in [9.17, 15) is 0 Å². The summed E-state index contributed by atoms with van der Waals surface area (Å²) >= 11 is 0. The Hall–Kier alpha value is -2.09. The van der Waals surface area contributed by atoms with E-state index in [-0.39, 0.29) is 0 Å². The van der Waals surface area contributed by atoms with Gasteiger partial charge in [-0.05, 0) is 12.1 Å². The van der Waals surface area contributed by atoms with Gasteiger partial charge < -0.3 is 4.57 Å². The zero-order chi connectivity index (χ0) is 9.97. The van der Waals surface area contributed by atoms with Gasteiger partial charge in [-0.1, -0.05) is 5.21 Å². The lowest BCUT2D eigenvalue weighted by Crippen LogP contribution is -2.00. The molecule has 0 radical (unpaired) electrons. The summed E-state index contributed by atoms with van der Waals surface area (Å²) in [4.78, 5) is 0. The van der Waals surface area contributed by atoms with E-state index in [0.717, 1.165) is 5.69 Å². The summed E-state index contributed by atoms with van der Waals surface area (Å²) in [5.74, 6) is 0. The molecular weight excluding hydrogens is 178 g/mol. The fraction of sp³-hybridized carbons (Fsp3) is 0.222. The number of aryl methyl sites for hydroxylation is 1. The first-order valence-electron chi connectivity index (χ1n) is 4.20. The Morgan fingerprint density at radius 2 is 2.43 bits per heavy atom. The summed E-state index contributed by atoms with van der Waals surface area (Å²) in [6.07, 6.45) is 3.69. The number of nitriles is 1. The van der Waals surface area contributed by atoms with Gasteiger partial charge in [0.1, 0.15) is 17.5 Å². The van der Waals surface area contributed by atoms with Crippen LogP contribution in [0.5, 0.6) is 0 Å². The number of nitrogens with zero attached hydrogens (tertiary/aromatic N) is 5. The minimum atomic E-state index is 0.587. The monoisotopic (exact) mass is 187 g/mol. The Morgan fingerprint density at radius 3 is 3.07 bits per heavy atom. The molecule has 70 valence electrons. The zero-order valence-corrected chi connectivity index (χ0v) is 7.75. The Balaban J connectivity index is 2.23. The molecule has 0 saturated heterocycles. The van der Waals surface area contributed by atoms with E-state index < -0.39 is 0 Å². The van der Waals surface area contributed by atoms with Crippen molar-refractivity contribution < 1.29 is 0 Å². The molecule has 0 atom stereocenters. The molecule has 14 heavy (non-hydrogen) atoms. The van der Waals surface area contributed by atoms with Crippen LogP contribution in [0.25, 0.3) is 0 Å². The molecule has 0 aliphatic rings. The molecule has 2 rings (SSSR count). The largest absolute Gasteiger partial charge is 0.333 e. The fourth-order valence-corrected chi connectivity index (χ4v) is 1.30. The molecule has 0 saturated carbocycles. The van der Waals surface area contributed by atoms with Crippen LogP contribution in [0, 0.1) is 11.3 Å². The van der Waals surface area contributed by atoms with E-state index >= 15 is 0 Å². The lowest BCUT2D eigenvalue weighted by Gasteiger charge is -1.99. The predicted molar refractivity (Wildman–Crippen MR) is 49.3 cm³/mol. The highest BCUT2D eigenvalue weighted by atomic mass is 15.4. The first kappa shape index (κ1) is 8.51. The van der Waals surface area contributed by atoms with E-state index in [1.807, 2.05) is 30.1 Å². The van der Waals surface area contributed by atoms with Crippen LogP contribution in [0.4, 0.5) is 0 Å². The molecule has 5 nitrogen and oxygen atoms in total. The normalized spacial score (nSPS) is 10.0. The van der Waals surface area contributed by atoms with Crippen LogP contribution in [0.3, 0.4) is 0 Å². The van der Waals surface area contributed by atoms with Gasteiger partial charge in [-0.2, -0.15) is 5.26 Å². The highest BCUT2D eigenvalue weighted by molar-refractivity contribution is 5.22. The Morgan fingerprint density at radius 1 is 1.57 bits per heavy atom. The average Bonchev–Trinajstić information content (AvgIpc) is 2.76. The van der Waals surface area contributed by atoms with E-state index in [4.69, 9.17) is 5.26 Å². The van der Waals surface area contributed by atoms with Crippen molar-refractivity contribution in [1.29, 1.82) is 5.26 Å². The SMILES string of the molecule is Cn1cc(Cn2cccc2C#N)nn1. The van der Waals surface area contributed by atoms with Gasteiger partial charge in [0, 0.05) is 19.4 Å². The lowest BCUT2D eigenvalue weighted by atomic mass is 10.4. The number of hydrogen-bond acceptors (Lipinski definition) is 3. The van der Waals surface area contributed by atoms with Crippen molar-refractivity contribution in [3.05, 3.63) is 35.9 Å². The smallest absolute Gasteiger partial charge is 0.120 e. The van der Waals surface area contributed by atoms with Crippen LogP contribution >= 0.6 is 0 Å². The summed E-state index contributed by atoms with van der Waals surface area (Å²) in [6, 6.07) is 5.73. The number of hydrogen-bond donors (Lipinski definition) is 0. The summed E-state index contributed by atoms with van der Waals surface area (Å²) in [5, 5.41) is 16.6. The van der Waals surface area contributed by atoms with Crippen LogP contribution in [0.15, 0.2) is 24.5 Å². The Kier molecular flexibility index (Phi) is 2.03. The second-order valence-corrected chi connectivity index (χ2v) is 3.02. The molecule has 0 bridgehead atoms. The number of rotatable bonds is 2. The highest BCUT2D eigenvalue weighted by Crippen LogP contribution is 2.03. The van der Waals surface area contributed by atoms with Gasteiger partial charge in [0.25, 0.3) is 0 Å². The summed E-state index contributed by atoms with van der Waals surface area (Å²) in [7, 11) is 1.82. The minimum absolute atomic E-state index is 0.587. The van der Waals surface area contributed by atoms with Crippen LogP contribution < -0.4 is 0 Å². The topological polar surface area (TPSA) is 59.4 Å². The van der Waals surface area contributed by atoms with E-state index in [1.54, 1.807) is 10.7 Å². The third-order valence-corrected chi connectivity index (χ3v) is 1.93. The molecule has 2 aromatic heterocycles. The fourth-order valence-electron chi connectivity index (χ4n) is 1.30. The molecule has 5 heteroatoms. The standard InChI is InChI=1S/C9H9N5/c1-13-6-8(11-12-13)7-14-4-2-3-9(14)5-10/h2-4,6H,7H2,1H3. The Labute approximate surface area is 81.2 Å². The maximum absolute atomic E-state index is 8.78. The molecule has 0 aliphatic carbocycles. The zero-order valence-electron chi connectivity index (χ0n) is 7.75. The van der Waals surface area contributed by atoms with Gasteiger partial charge in [0.2, 0.25) is 0 Å². The maximum atomic E-state index is 8.78. The van der Waals surface area contributed by atoms with E-state index in [1.165, 1.54) is 0 Å². The second kappa shape index (κ2) is 3.34. The first-order valence-corrected chi connectivity index (χ1v) is 4.20. The van der Waals surface area contributed by atoms with Gasteiger partial charge in [0.05, 0.1) is 6.54 Å².